The van der Waals surface area contributed by atoms with Crippen LogP contribution in [-0.2, 0) is 0 Å². The van der Waals surface area contributed by atoms with Crippen molar-refractivity contribution >= 4 is 17.6 Å². The van der Waals surface area contributed by atoms with E-state index in [1.54, 1.807) is 4.57 Å². The molecule has 0 aliphatic carbocycles. The fraction of sp³-hybridized carbons (Fsp3) is 0.158. The van der Waals surface area contributed by atoms with E-state index in [4.69, 9.17) is 10.5 Å². The lowest BCUT2D eigenvalue weighted by molar-refractivity contribution is 0.344. The number of ether oxygens (including phenoxy) is 1. The van der Waals surface area contributed by atoms with Crippen LogP contribution in [0.3, 0.4) is 0 Å². The van der Waals surface area contributed by atoms with Crippen molar-refractivity contribution in [2.75, 3.05) is 18.1 Å². The Morgan fingerprint density at radius 2 is 1.84 bits per heavy atom. The van der Waals surface area contributed by atoms with Gasteiger partial charge in [0.2, 0.25) is 0 Å². The van der Waals surface area contributed by atoms with Gasteiger partial charge in [-0.3, -0.25) is 9.36 Å². The largest absolute Gasteiger partial charge is 0.493 e. The molecule has 3 aromatic rings. The second-order valence-electron chi connectivity index (χ2n) is 5.48. The van der Waals surface area contributed by atoms with Crippen LogP contribution < -0.4 is 16.0 Å². The summed E-state index contributed by atoms with van der Waals surface area (Å²) < 4.78 is 7.50. The van der Waals surface area contributed by atoms with Gasteiger partial charge in [0.15, 0.2) is 5.16 Å². The van der Waals surface area contributed by atoms with Crippen molar-refractivity contribution < 1.29 is 4.74 Å². The summed E-state index contributed by atoms with van der Waals surface area (Å²) in [6.45, 7) is 2.54. The highest BCUT2D eigenvalue weighted by Crippen LogP contribution is 2.22. The van der Waals surface area contributed by atoms with Gasteiger partial charge in [0, 0.05) is 17.5 Å². The minimum absolute atomic E-state index is 0.341. The average molecular weight is 353 g/mol. The van der Waals surface area contributed by atoms with Crippen molar-refractivity contribution in [3.05, 3.63) is 76.6 Å². The lowest BCUT2D eigenvalue weighted by Crippen LogP contribution is -2.17. The molecule has 5 nitrogen and oxygen atoms in total. The normalized spacial score (nSPS) is 10.6. The summed E-state index contributed by atoms with van der Waals surface area (Å²) in [6.07, 6.45) is 0. The van der Waals surface area contributed by atoms with Crippen LogP contribution in [0.4, 0.5) is 5.82 Å². The zero-order chi connectivity index (χ0) is 17.6. The summed E-state index contributed by atoms with van der Waals surface area (Å²) in [4.78, 5) is 15.8. The van der Waals surface area contributed by atoms with Gasteiger partial charge < -0.3 is 10.5 Å². The quantitative estimate of drug-likeness (QED) is 0.418. The van der Waals surface area contributed by atoms with Crippen LogP contribution >= 0.6 is 11.8 Å². The van der Waals surface area contributed by atoms with E-state index in [9.17, 15) is 4.79 Å². The summed E-state index contributed by atoms with van der Waals surface area (Å²) in [5, 5.41) is 0.559. The van der Waals surface area contributed by atoms with Crippen LogP contribution in [0, 0.1) is 6.92 Å². The van der Waals surface area contributed by atoms with Gasteiger partial charge in [-0.25, -0.2) is 0 Å². The van der Waals surface area contributed by atoms with Crippen molar-refractivity contribution in [2.24, 2.45) is 0 Å². The first-order chi connectivity index (χ1) is 12.1. The number of aryl methyl sites for hydroxylation is 1. The average Bonchev–Trinajstić information content (AvgIpc) is 2.60. The molecule has 0 spiro atoms. The summed E-state index contributed by atoms with van der Waals surface area (Å²) in [7, 11) is 0. The fourth-order valence-electron chi connectivity index (χ4n) is 2.34. The fourth-order valence-corrected chi connectivity index (χ4v) is 3.18. The first-order valence-corrected chi connectivity index (χ1v) is 8.89. The van der Waals surface area contributed by atoms with Crippen LogP contribution in [0.1, 0.15) is 5.56 Å². The first-order valence-electron chi connectivity index (χ1n) is 7.91. The van der Waals surface area contributed by atoms with Gasteiger partial charge >= 0.3 is 0 Å². The Morgan fingerprint density at radius 1 is 1.12 bits per heavy atom. The number of nitrogens with zero attached hydrogens (tertiary/aromatic N) is 2. The van der Waals surface area contributed by atoms with E-state index in [0.29, 0.717) is 23.3 Å². The molecule has 3 rings (SSSR count). The van der Waals surface area contributed by atoms with Crippen molar-refractivity contribution in [1.82, 2.24) is 9.55 Å². The topological polar surface area (TPSA) is 70.1 Å². The van der Waals surface area contributed by atoms with Crippen LogP contribution in [0.5, 0.6) is 5.75 Å². The SMILES string of the molecule is Cc1ccc(OCCSc2nc(=O)cc(N)n2-c2ccccc2)cc1. The highest BCUT2D eigenvalue weighted by molar-refractivity contribution is 7.99. The zero-order valence-corrected chi connectivity index (χ0v) is 14.7. The number of anilines is 1. The summed E-state index contributed by atoms with van der Waals surface area (Å²) in [5.74, 6) is 1.84. The van der Waals surface area contributed by atoms with Gasteiger partial charge in [-0.1, -0.05) is 47.7 Å². The molecule has 128 valence electrons. The third kappa shape index (κ3) is 4.42. The number of hydrogen-bond donors (Lipinski definition) is 1. The van der Waals surface area contributed by atoms with Gasteiger partial charge in [-0.15, -0.1) is 0 Å². The molecule has 0 saturated heterocycles. The Morgan fingerprint density at radius 3 is 2.56 bits per heavy atom. The van der Waals surface area contributed by atoms with Crippen LogP contribution in [0.2, 0.25) is 0 Å². The highest BCUT2D eigenvalue weighted by atomic mass is 32.2. The molecule has 0 fully saturated rings. The molecule has 0 aliphatic heterocycles. The minimum Gasteiger partial charge on any atom is -0.493 e. The smallest absolute Gasteiger partial charge is 0.275 e. The Hall–Kier alpha value is -2.73. The Kier molecular flexibility index (Phi) is 5.40. The Balaban J connectivity index is 1.71. The third-order valence-corrected chi connectivity index (χ3v) is 4.45. The molecule has 2 aromatic carbocycles. The number of nitrogen functional groups attached to an aromatic ring is 1. The van der Waals surface area contributed by atoms with Crippen LogP contribution in [-0.4, -0.2) is 21.9 Å². The maximum atomic E-state index is 11.7. The number of aromatic nitrogens is 2. The van der Waals surface area contributed by atoms with E-state index in [1.807, 2.05) is 61.5 Å². The van der Waals surface area contributed by atoms with E-state index < -0.39 is 0 Å². The molecule has 25 heavy (non-hydrogen) atoms. The molecule has 0 bridgehead atoms. The summed E-state index contributed by atoms with van der Waals surface area (Å²) in [6, 6.07) is 18.9. The number of para-hydroxylation sites is 1. The van der Waals surface area contributed by atoms with Gasteiger partial charge in [-0.2, -0.15) is 4.98 Å². The third-order valence-electron chi connectivity index (χ3n) is 3.55. The predicted octanol–water partition coefficient (Wildman–Crippen LogP) is 3.29. The Labute approximate surface area is 150 Å². The number of rotatable bonds is 6. The maximum Gasteiger partial charge on any atom is 0.275 e. The molecule has 0 saturated carbocycles. The van der Waals surface area contributed by atoms with E-state index in [0.717, 1.165) is 11.4 Å². The van der Waals surface area contributed by atoms with Crippen molar-refractivity contribution in [1.29, 1.82) is 0 Å². The number of hydrogen-bond acceptors (Lipinski definition) is 5. The lowest BCUT2D eigenvalue weighted by atomic mass is 10.2. The van der Waals surface area contributed by atoms with Crippen molar-refractivity contribution in [2.45, 2.75) is 12.1 Å². The number of thioether (sulfide) groups is 1. The molecule has 6 heteroatoms. The monoisotopic (exact) mass is 353 g/mol. The van der Waals surface area contributed by atoms with E-state index in [-0.39, 0.29) is 5.56 Å². The molecule has 0 unspecified atom stereocenters. The summed E-state index contributed by atoms with van der Waals surface area (Å²) >= 11 is 1.44. The standard InChI is InChI=1S/C19H19N3O2S/c1-14-7-9-16(10-8-14)24-11-12-25-19-21-18(23)13-17(20)22(19)15-5-3-2-4-6-15/h2-10,13H,11-12,20H2,1H3. The molecule has 0 aliphatic rings. The molecule has 1 heterocycles. The molecule has 0 atom stereocenters. The maximum absolute atomic E-state index is 11.7. The second-order valence-corrected chi connectivity index (χ2v) is 6.54. The van der Waals surface area contributed by atoms with Crippen molar-refractivity contribution in [3.8, 4) is 11.4 Å². The van der Waals surface area contributed by atoms with Crippen molar-refractivity contribution in [3.63, 3.8) is 0 Å². The highest BCUT2D eigenvalue weighted by Gasteiger charge is 2.10. The van der Waals surface area contributed by atoms with Gasteiger partial charge in [0.25, 0.3) is 5.56 Å². The van der Waals surface area contributed by atoms with Crippen LogP contribution in [0.25, 0.3) is 5.69 Å². The lowest BCUT2D eigenvalue weighted by Gasteiger charge is -2.14. The number of nitrogens with two attached hydrogens (primary N) is 1. The molecule has 0 amide bonds. The van der Waals surface area contributed by atoms with Gasteiger partial charge in [0.1, 0.15) is 11.6 Å². The number of benzene rings is 2. The second kappa shape index (κ2) is 7.90. The molecule has 1 aromatic heterocycles. The van der Waals surface area contributed by atoms with E-state index in [2.05, 4.69) is 4.98 Å². The zero-order valence-electron chi connectivity index (χ0n) is 13.9. The van der Waals surface area contributed by atoms with Gasteiger partial charge in [0.05, 0.1) is 6.61 Å². The molecular formula is C19H19N3O2S. The van der Waals surface area contributed by atoms with E-state index in [1.165, 1.54) is 23.4 Å². The minimum atomic E-state index is -0.341. The molecule has 2 N–H and O–H groups in total. The van der Waals surface area contributed by atoms with E-state index >= 15 is 0 Å². The first kappa shape index (κ1) is 17.1. The Bertz CT molecular complexity index is 893. The van der Waals surface area contributed by atoms with Gasteiger partial charge in [-0.05, 0) is 31.2 Å². The summed E-state index contributed by atoms with van der Waals surface area (Å²) in [5.41, 5.74) is 7.76. The predicted molar refractivity (Wildman–Crippen MR) is 102 cm³/mol. The van der Waals surface area contributed by atoms with Crippen LogP contribution in [0.15, 0.2) is 70.6 Å². The molecular weight excluding hydrogens is 334 g/mol. The molecule has 0 radical (unpaired) electrons.